The maximum Gasteiger partial charge on any atom is 0.255 e. The van der Waals surface area contributed by atoms with Gasteiger partial charge in [-0.05, 0) is 30.2 Å². The van der Waals surface area contributed by atoms with Gasteiger partial charge in [0.2, 0.25) is 5.91 Å². The maximum atomic E-state index is 13.1. The Morgan fingerprint density at radius 1 is 1.14 bits per heavy atom. The Morgan fingerprint density at radius 2 is 1.86 bits per heavy atom. The summed E-state index contributed by atoms with van der Waals surface area (Å²) in [4.78, 5) is 27.6. The molecular weight excluding hydrogens is 374 g/mol. The molecular formula is C22H24ClN3O2. The number of hydrogen-bond donors (Lipinski definition) is 2. The Morgan fingerprint density at radius 3 is 2.54 bits per heavy atom. The van der Waals surface area contributed by atoms with E-state index < -0.39 is 5.66 Å². The second kappa shape index (κ2) is 7.47. The molecule has 5 nitrogen and oxygen atoms in total. The summed E-state index contributed by atoms with van der Waals surface area (Å²) >= 11 is 6.10. The number of benzene rings is 2. The Balaban J connectivity index is 1.47. The van der Waals surface area contributed by atoms with Crippen molar-refractivity contribution in [1.82, 2.24) is 10.2 Å². The van der Waals surface area contributed by atoms with E-state index in [1.807, 2.05) is 42.2 Å². The highest BCUT2D eigenvalue weighted by atomic mass is 35.5. The molecule has 2 N–H and O–H groups in total. The number of halogens is 1. The molecule has 0 radical (unpaired) electrons. The van der Waals surface area contributed by atoms with Crippen molar-refractivity contribution in [1.29, 1.82) is 0 Å². The highest BCUT2D eigenvalue weighted by Gasteiger charge is 2.41. The molecule has 2 amide bonds. The number of likely N-dealkylation sites (tertiary alicyclic amines) is 1. The molecule has 0 bridgehead atoms. The molecule has 0 saturated carbocycles. The number of nitrogens with zero attached hydrogens (tertiary/aromatic N) is 1. The Labute approximate surface area is 170 Å². The third kappa shape index (κ3) is 3.47. The van der Waals surface area contributed by atoms with Gasteiger partial charge in [-0.3, -0.25) is 9.59 Å². The molecule has 2 aromatic rings. The van der Waals surface area contributed by atoms with E-state index in [1.165, 1.54) is 0 Å². The van der Waals surface area contributed by atoms with Crippen LogP contribution in [0.1, 0.15) is 48.0 Å². The third-order valence-electron chi connectivity index (χ3n) is 5.79. The number of anilines is 1. The summed E-state index contributed by atoms with van der Waals surface area (Å²) in [5, 5.41) is 7.17. The number of piperidine rings is 1. The SMILES string of the molecule is CCC(C(=O)N1CCC2(CC1)NC(=O)c1ccc(Cl)cc1N2)c1ccccc1. The van der Waals surface area contributed by atoms with Gasteiger partial charge in [0, 0.05) is 31.0 Å². The summed E-state index contributed by atoms with van der Waals surface area (Å²) in [7, 11) is 0. The predicted molar refractivity (Wildman–Crippen MR) is 111 cm³/mol. The maximum absolute atomic E-state index is 13.1. The first-order chi connectivity index (χ1) is 13.5. The second-order valence-corrected chi connectivity index (χ2v) is 7.98. The number of nitrogens with one attached hydrogen (secondary N) is 2. The van der Waals surface area contributed by atoms with Crippen LogP contribution in [-0.2, 0) is 4.79 Å². The molecule has 6 heteroatoms. The molecule has 2 aliphatic heterocycles. The molecule has 1 fully saturated rings. The van der Waals surface area contributed by atoms with Gasteiger partial charge in [-0.1, -0.05) is 48.9 Å². The van der Waals surface area contributed by atoms with Crippen LogP contribution in [0.3, 0.4) is 0 Å². The number of amides is 2. The van der Waals surface area contributed by atoms with Crippen molar-refractivity contribution in [3.8, 4) is 0 Å². The fraction of sp³-hybridized carbons (Fsp3) is 0.364. The summed E-state index contributed by atoms with van der Waals surface area (Å²) in [6.45, 7) is 3.25. The summed E-state index contributed by atoms with van der Waals surface area (Å²) in [6, 6.07) is 15.2. The van der Waals surface area contributed by atoms with Crippen LogP contribution in [0.5, 0.6) is 0 Å². The van der Waals surface area contributed by atoms with E-state index in [9.17, 15) is 9.59 Å². The smallest absolute Gasteiger partial charge is 0.255 e. The van der Waals surface area contributed by atoms with Gasteiger partial charge in [0.1, 0.15) is 5.66 Å². The molecule has 146 valence electrons. The van der Waals surface area contributed by atoms with Crippen molar-refractivity contribution in [3.05, 3.63) is 64.7 Å². The van der Waals surface area contributed by atoms with E-state index in [0.29, 0.717) is 36.5 Å². The lowest BCUT2D eigenvalue weighted by molar-refractivity contribution is -0.134. The summed E-state index contributed by atoms with van der Waals surface area (Å²) in [5.74, 6) is -0.0567. The summed E-state index contributed by atoms with van der Waals surface area (Å²) < 4.78 is 0. The fourth-order valence-electron chi connectivity index (χ4n) is 4.21. The van der Waals surface area contributed by atoms with E-state index in [2.05, 4.69) is 10.6 Å². The van der Waals surface area contributed by atoms with Crippen molar-refractivity contribution in [2.75, 3.05) is 18.4 Å². The van der Waals surface area contributed by atoms with Gasteiger partial charge in [0.05, 0.1) is 17.2 Å². The number of carbonyl (C=O) groups is 2. The normalized spacial score (nSPS) is 18.8. The second-order valence-electron chi connectivity index (χ2n) is 7.55. The molecule has 1 saturated heterocycles. The first-order valence-corrected chi connectivity index (χ1v) is 10.1. The Bertz CT molecular complexity index is 892. The number of carbonyl (C=O) groups excluding carboxylic acids is 2. The molecule has 2 aliphatic rings. The van der Waals surface area contributed by atoms with E-state index in [1.54, 1.807) is 18.2 Å². The van der Waals surface area contributed by atoms with Crippen LogP contribution in [0, 0.1) is 0 Å². The fourth-order valence-corrected chi connectivity index (χ4v) is 4.38. The number of fused-ring (bicyclic) bond motifs is 1. The standard InChI is InChI=1S/C22H24ClN3O2/c1-2-17(15-6-4-3-5-7-15)21(28)26-12-10-22(11-13-26)24-19-14-16(23)8-9-18(19)20(27)25-22/h3-9,14,17,24H,2,10-13H2,1H3,(H,25,27). The van der Waals surface area contributed by atoms with E-state index >= 15 is 0 Å². The van der Waals surface area contributed by atoms with Crippen LogP contribution in [-0.4, -0.2) is 35.5 Å². The van der Waals surface area contributed by atoms with E-state index in [-0.39, 0.29) is 17.7 Å². The Kier molecular flexibility index (Phi) is 5.02. The molecule has 1 spiro atoms. The van der Waals surface area contributed by atoms with Gasteiger partial charge in [-0.25, -0.2) is 0 Å². The van der Waals surface area contributed by atoms with Crippen molar-refractivity contribution < 1.29 is 9.59 Å². The number of hydrogen-bond acceptors (Lipinski definition) is 3. The minimum absolute atomic E-state index is 0.0964. The van der Waals surface area contributed by atoms with Gasteiger partial charge in [0.25, 0.3) is 5.91 Å². The average molecular weight is 398 g/mol. The molecule has 0 aliphatic carbocycles. The molecule has 28 heavy (non-hydrogen) atoms. The zero-order chi connectivity index (χ0) is 19.7. The quantitative estimate of drug-likeness (QED) is 0.822. The van der Waals surface area contributed by atoms with Gasteiger partial charge < -0.3 is 15.5 Å². The highest BCUT2D eigenvalue weighted by molar-refractivity contribution is 6.31. The van der Waals surface area contributed by atoms with Crippen LogP contribution < -0.4 is 10.6 Å². The minimum atomic E-state index is -0.528. The largest absolute Gasteiger partial charge is 0.362 e. The minimum Gasteiger partial charge on any atom is -0.362 e. The monoisotopic (exact) mass is 397 g/mol. The number of rotatable bonds is 3. The predicted octanol–water partition coefficient (Wildman–Crippen LogP) is 4.01. The molecule has 2 aromatic carbocycles. The van der Waals surface area contributed by atoms with Crippen molar-refractivity contribution in [2.24, 2.45) is 0 Å². The molecule has 1 unspecified atom stereocenters. The Hall–Kier alpha value is -2.53. The highest BCUT2D eigenvalue weighted by Crippen LogP contribution is 2.34. The summed E-state index contributed by atoms with van der Waals surface area (Å²) in [5.41, 5.74) is 1.89. The lowest BCUT2D eigenvalue weighted by Crippen LogP contribution is -2.63. The average Bonchev–Trinajstić information content (AvgIpc) is 2.69. The van der Waals surface area contributed by atoms with Crippen LogP contribution in [0.2, 0.25) is 5.02 Å². The molecule has 4 rings (SSSR count). The first kappa shape index (κ1) is 18.8. The van der Waals surface area contributed by atoms with Crippen LogP contribution in [0.15, 0.2) is 48.5 Å². The van der Waals surface area contributed by atoms with Crippen molar-refractivity contribution >= 4 is 29.1 Å². The van der Waals surface area contributed by atoms with Crippen LogP contribution in [0.4, 0.5) is 5.69 Å². The van der Waals surface area contributed by atoms with Gasteiger partial charge in [0.15, 0.2) is 0 Å². The lowest BCUT2D eigenvalue weighted by Gasteiger charge is -2.46. The zero-order valence-electron chi connectivity index (χ0n) is 15.9. The van der Waals surface area contributed by atoms with E-state index in [4.69, 9.17) is 11.6 Å². The van der Waals surface area contributed by atoms with Gasteiger partial charge in [-0.2, -0.15) is 0 Å². The van der Waals surface area contributed by atoms with Crippen molar-refractivity contribution in [3.63, 3.8) is 0 Å². The molecule has 0 aromatic heterocycles. The van der Waals surface area contributed by atoms with Gasteiger partial charge in [-0.15, -0.1) is 0 Å². The van der Waals surface area contributed by atoms with Gasteiger partial charge >= 0.3 is 0 Å². The molecule has 1 atom stereocenters. The third-order valence-corrected chi connectivity index (χ3v) is 6.03. The van der Waals surface area contributed by atoms with Crippen LogP contribution >= 0.6 is 11.6 Å². The summed E-state index contributed by atoms with van der Waals surface area (Å²) in [6.07, 6.45) is 2.08. The van der Waals surface area contributed by atoms with Crippen molar-refractivity contribution in [2.45, 2.75) is 37.8 Å². The first-order valence-electron chi connectivity index (χ1n) is 9.75. The van der Waals surface area contributed by atoms with Crippen LogP contribution in [0.25, 0.3) is 0 Å². The topological polar surface area (TPSA) is 61.4 Å². The zero-order valence-corrected chi connectivity index (χ0v) is 16.6. The molecule has 2 heterocycles. The van der Waals surface area contributed by atoms with E-state index in [0.717, 1.165) is 17.7 Å². The lowest BCUT2D eigenvalue weighted by atomic mass is 9.90.